The summed E-state index contributed by atoms with van der Waals surface area (Å²) in [7, 11) is 0. The zero-order valence-electron chi connectivity index (χ0n) is 8.18. The number of nitro groups is 1. The summed E-state index contributed by atoms with van der Waals surface area (Å²) >= 11 is 5.65. The largest absolute Gasteiger partial charge is 0.479 e. The Bertz CT molecular complexity index is 459. The van der Waals surface area contributed by atoms with Gasteiger partial charge in [0.2, 0.25) is 0 Å². The quantitative estimate of drug-likeness (QED) is 0.623. The van der Waals surface area contributed by atoms with Gasteiger partial charge in [-0.3, -0.25) is 10.1 Å². The molecule has 2 N–H and O–H groups in total. The van der Waals surface area contributed by atoms with Crippen LogP contribution in [-0.2, 0) is 4.79 Å². The third-order valence-corrected chi connectivity index (χ3v) is 2.22. The minimum atomic E-state index is -1.96. The summed E-state index contributed by atoms with van der Waals surface area (Å²) < 4.78 is 0. The molecule has 0 aliphatic carbocycles. The van der Waals surface area contributed by atoms with Crippen molar-refractivity contribution in [1.29, 1.82) is 0 Å². The van der Waals surface area contributed by atoms with E-state index >= 15 is 0 Å². The van der Waals surface area contributed by atoms with E-state index in [1.165, 1.54) is 13.0 Å². The molecule has 1 aromatic carbocycles. The molecule has 0 spiro atoms. The molecule has 0 heterocycles. The predicted molar refractivity (Wildman–Crippen MR) is 55.4 cm³/mol. The fraction of sp³-hybridized carbons (Fsp3) is 0.222. The summed E-state index contributed by atoms with van der Waals surface area (Å²) in [6, 6.07) is 2.41. The van der Waals surface area contributed by atoms with Crippen molar-refractivity contribution in [3.05, 3.63) is 38.4 Å². The lowest BCUT2D eigenvalue weighted by Crippen LogP contribution is -2.13. The molecule has 0 aliphatic rings. The topological polar surface area (TPSA) is 101 Å². The van der Waals surface area contributed by atoms with Crippen LogP contribution in [0.15, 0.2) is 12.1 Å². The predicted octanol–water partition coefficient (Wildman–Crippen LogP) is 1.67. The van der Waals surface area contributed by atoms with Crippen LogP contribution in [0.3, 0.4) is 0 Å². The molecule has 1 rings (SSSR count). The van der Waals surface area contributed by atoms with E-state index in [0.29, 0.717) is 0 Å². The number of hydrogen-bond acceptors (Lipinski definition) is 4. The Hall–Kier alpha value is -1.66. The van der Waals surface area contributed by atoms with Crippen LogP contribution < -0.4 is 0 Å². The minimum Gasteiger partial charge on any atom is -0.479 e. The highest BCUT2D eigenvalue weighted by Gasteiger charge is 2.28. The molecule has 7 heteroatoms. The number of rotatable bonds is 3. The van der Waals surface area contributed by atoms with Gasteiger partial charge in [0.1, 0.15) is 0 Å². The molecule has 0 amide bonds. The first kappa shape index (κ1) is 12.4. The van der Waals surface area contributed by atoms with Crippen LogP contribution in [0.2, 0.25) is 5.02 Å². The highest BCUT2D eigenvalue weighted by atomic mass is 35.5. The zero-order chi connectivity index (χ0) is 12.5. The van der Waals surface area contributed by atoms with Crippen LogP contribution in [0, 0.1) is 17.0 Å². The van der Waals surface area contributed by atoms with Gasteiger partial charge in [0.05, 0.1) is 10.5 Å². The Morgan fingerprint density at radius 1 is 1.56 bits per heavy atom. The van der Waals surface area contributed by atoms with E-state index in [1.807, 2.05) is 0 Å². The number of carboxylic acids is 1. The molecule has 0 aliphatic heterocycles. The van der Waals surface area contributed by atoms with Gasteiger partial charge in [0.15, 0.2) is 6.10 Å². The summed E-state index contributed by atoms with van der Waals surface area (Å²) in [5.41, 5.74) is -0.547. The highest BCUT2D eigenvalue weighted by molar-refractivity contribution is 6.30. The molecule has 0 saturated heterocycles. The van der Waals surface area contributed by atoms with Crippen molar-refractivity contribution >= 4 is 23.3 Å². The number of aliphatic hydroxyl groups excluding tert-OH is 1. The third kappa shape index (κ3) is 2.29. The minimum absolute atomic E-state index is 0.137. The monoisotopic (exact) mass is 245 g/mol. The normalized spacial score (nSPS) is 12.2. The first-order valence-corrected chi connectivity index (χ1v) is 4.57. The van der Waals surface area contributed by atoms with Gasteiger partial charge in [-0.2, -0.15) is 0 Å². The lowest BCUT2D eigenvalue weighted by atomic mass is 10.0. The van der Waals surface area contributed by atoms with Gasteiger partial charge in [0.25, 0.3) is 5.69 Å². The molecule has 0 fully saturated rings. The van der Waals surface area contributed by atoms with Crippen LogP contribution in [-0.4, -0.2) is 21.1 Å². The van der Waals surface area contributed by atoms with Gasteiger partial charge in [-0.25, -0.2) is 4.79 Å². The Kier molecular flexibility index (Phi) is 3.46. The Morgan fingerprint density at radius 2 is 2.12 bits per heavy atom. The number of hydrogen-bond donors (Lipinski definition) is 2. The third-order valence-electron chi connectivity index (χ3n) is 2.01. The van der Waals surface area contributed by atoms with Crippen LogP contribution in [0.5, 0.6) is 0 Å². The molecule has 86 valence electrons. The lowest BCUT2D eigenvalue weighted by molar-refractivity contribution is -0.386. The molecule has 1 unspecified atom stereocenters. The summed E-state index contributed by atoms with van der Waals surface area (Å²) in [5, 5.41) is 28.8. The van der Waals surface area contributed by atoms with E-state index in [0.717, 1.165) is 6.07 Å². The molecule has 0 bridgehead atoms. The number of carboxylic acid groups (broad SMARTS) is 1. The van der Waals surface area contributed by atoms with E-state index in [4.69, 9.17) is 16.7 Å². The molecule has 1 aromatic rings. The van der Waals surface area contributed by atoms with E-state index in [1.54, 1.807) is 0 Å². The van der Waals surface area contributed by atoms with Gasteiger partial charge < -0.3 is 10.2 Å². The summed E-state index contributed by atoms with van der Waals surface area (Å²) in [6.45, 7) is 1.42. The summed E-state index contributed by atoms with van der Waals surface area (Å²) in [4.78, 5) is 20.6. The zero-order valence-corrected chi connectivity index (χ0v) is 8.93. The van der Waals surface area contributed by atoms with Gasteiger partial charge in [0, 0.05) is 10.6 Å². The number of halogens is 1. The van der Waals surface area contributed by atoms with Crippen molar-refractivity contribution < 1.29 is 19.9 Å². The first-order chi connectivity index (χ1) is 7.34. The van der Waals surface area contributed by atoms with Crippen molar-refractivity contribution in [2.45, 2.75) is 13.0 Å². The fourth-order valence-electron chi connectivity index (χ4n) is 1.35. The standard InChI is InChI=1S/C9H8ClNO5/c1-4-2-5(10)3-6(7(4)11(15)16)8(12)9(13)14/h2-3,8,12H,1H3,(H,13,14). The van der Waals surface area contributed by atoms with Crippen LogP contribution in [0.1, 0.15) is 17.2 Å². The molecule has 0 aromatic heterocycles. The maximum Gasteiger partial charge on any atom is 0.337 e. The first-order valence-electron chi connectivity index (χ1n) is 4.20. The van der Waals surface area contributed by atoms with E-state index in [-0.39, 0.29) is 16.1 Å². The second-order valence-electron chi connectivity index (χ2n) is 3.16. The Balaban J connectivity index is 3.46. The maximum atomic E-state index is 10.7. The SMILES string of the molecule is Cc1cc(Cl)cc(C(O)C(=O)O)c1[N+](=O)[O-]. The molecule has 16 heavy (non-hydrogen) atoms. The van der Waals surface area contributed by atoms with Gasteiger partial charge in [-0.15, -0.1) is 0 Å². The summed E-state index contributed by atoms with van der Waals surface area (Å²) in [6.07, 6.45) is -1.96. The number of aryl methyl sites for hydroxylation is 1. The molecular formula is C9H8ClNO5. The van der Waals surface area contributed by atoms with Crippen LogP contribution in [0.25, 0.3) is 0 Å². The van der Waals surface area contributed by atoms with Crippen molar-refractivity contribution in [3.63, 3.8) is 0 Å². The van der Waals surface area contributed by atoms with E-state index in [9.17, 15) is 20.0 Å². The van der Waals surface area contributed by atoms with Crippen molar-refractivity contribution in [3.8, 4) is 0 Å². The van der Waals surface area contributed by atoms with E-state index < -0.39 is 22.7 Å². The maximum absolute atomic E-state index is 10.7. The van der Waals surface area contributed by atoms with Gasteiger partial charge in [-0.05, 0) is 19.1 Å². The second kappa shape index (κ2) is 4.46. The molecule has 0 radical (unpaired) electrons. The van der Waals surface area contributed by atoms with Crippen LogP contribution in [0.4, 0.5) is 5.69 Å². The number of nitrogens with zero attached hydrogens (tertiary/aromatic N) is 1. The highest BCUT2D eigenvalue weighted by Crippen LogP contribution is 2.31. The van der Waals surface area contributed by atoms with Crippen molar-refractivity contribution in [2.75, 3.05) is 0 Å². The number of aliphatic carboxylic acids is 1. The van der Waals surface area contributed by atoms with Gasteiger partial charge in [-0.1, -0.05) is 11.6 Å². The fourth-order valence-corrected chi connectivity index (χ4v) is 1.63. The average molecular weight is 246 g/mol. The second-order valence-corrected chi connectivity index (χ2v) is 3.59. The molecular weight excluding hydrogens is 238 g/mol. The number of aliphatic hydroxyl groups is 1. The lowest BCUT2D eigenvalue weighted by Gasteiger charge is -2.09. The van der Waals surface area contributed by atoms with Crippen molar-refractivity contribution in [1.82, 2.24) is 0 Å². The Labute approximate surface area is 95.2 Å². The average Bonchev–Trinajstić information content (AvgIpc) is 2.14. The Morgan fingerprint density at radius 3 is 2.56 bits per heavy atom. The molecule has 6 nitrogen and oxygen atoms in total. The number of nitro benzene ring substituents is 1. The molecule has 1 atom stereocenters. The van der Waals surface area contributed by atoms with Gasteiger partial charge >= 0.3 is 5.97 Å². The van der Waals surface area contributed by atoms with E-state index in [2.05, 4.69) is 0 Å². The number of carbonyl (C=O) groups is 1. The summed E-state index contributed by atoms with van der Waals surface area (Å²) in [5.74, 6) is -1.57. The van der Waals surface area contributed by atoms with Crippen molar-refractivity contribution in [2.24, 2.45) is 0 Å². The smallest absolute Gasteiger partial charge is 0.337 e. The molecule has 0 saturated carbocycles. The number of benzene rings is 1. The van der Waals surface area contributed by atoms with Crippen LogP contribution >= 0.6 is 11.6 Å².